The van der Waals surface area contributed by atoms with E-state index in [-0.39, 0.29) is 5.91 Å². The van der Waals surface area contributed by atoms with Crippen LogP contribution >= 0.6 is 11.8 Å². The molecule has 0 spiro atoms. The van der Waals surface area contributed by atoms with Crippen molar-refractivity contribution < 1.29 is 14.7 Å². The van der Waals surface area contributed by atoms with Crippen LogP contribution in [-0.4, -0.2) is 35.0 Å². The lowest BCUT2D eigenvalue weighted by Crippen LogP contribution is -2.41. The van der Waals surface area contributed by atoms with Gasteiger partial charge >= 0.3 is 5.97 Å². The predicted octanol–water partition coefficient (Wildman–Crippen LogP) is 6.24. The Bertz CT molecular complexity index is 1140. The van der Waals surface area contributed by atoms with Crippen molar-refractivity contribution in [2.24, 2.45) is 0 Å². The zero-order valence-electron chi connectivity index (χ0n) is 19.7. The highest BCUT2D eigenvalue weighted by Crippen LogP contribution is 2.29. The summed E-state index contributed by atoms with van der Waals surface area (Å²) in [5.74, 6) is -0.724. The number of amides is 1. The SMILES string of the molecule is CSCCC(NC(=O)c1ccc(/C=C/CCc2ccccc2)cc1-c1ccccc1C)C(=O)O. The Kier molecular flexibility index (Phi) is 9.53. The number of thioether (sulfide) groups is 1. The van der Waals surface area contributed by atoms with Gasteiger partial charge in [-0.1, -0.05) is 72.8 Å². The summed E-state index contributed by atoms with van der Waals surface area (Å²) in [6.45, 7) is 2.01. The molecule has 0 aliphatic heterocycles. The number of aliphatic carboxylic acids is 1. The van der Waals surface area contributed by atoms with E-state index in [1.54, 1.807) is 17.8 Å². The number of carbonyl (C=O) groups excluding carboxylic acids is 1. The van der Waals surface area contributed by atoms with Gasteiger partial charge in [0.1, 0.15) is 6.04 Å². The molecule has 176 valence electrons. The molecule has 0 saturated carbocycles. The number of nitrogens with one attached hydrogen (secondary N) is 1. The van der Waals surface area contributed by atoms with Crippen LogP contribution in [0.25, 0.3) is 17.2 Å². The molecule has 0 bridgehead atoms. The van der Waals surface area contributed by atoms with E-state index in [0.717, 1.165) is 35.1 Å². The van der Waals surface area contributed by atoms with E-state index in [2.05, 4.69) is 29.6 Å². The van der Waals surface area contributed by atoms with Crippen molar-refractivity contribution in [3.05, 3.63) is 101 Å². The van der Waals surface area contributed by atoms with Gasteiger partial charge in [-0.15, -0.1) is 0 Å². The molecule has 5 heteroatoms. The molecule has 1 atom stereocenters. The minimum atomic E-state index is -1.02. The number of carboxylic acid groups (broad SMARTS) is 1. The minimum Gasteiger partial charge on any atom is -0.480 e. The fourth-order valence-electron chi connectivity index (χ4n) is 3.80. The van der Waals surface area contributed by atoms with Crippen LogP contribution in [0, 0.1) is 6.92 Å². The summed E-state index contributed by atoms with van der Waals surface area (Å²) < 4.78 is 0. The first-order valence-corrected chi connectivity index (χ1v) is 12.8. The highest BCUT2D eigenvalue weighted by molar-refractivity contribution is 7.98. The Labute approximate surface area is 206 Å². The molecule has 4 nitrogen and oxygen atoms in total. The smallest absolute Gasteiger partial charge is 0.326 e. The molecular weight excluding hydrogens is 442 g/mol. The number of carboxylic acids is 1. The summed E-state index contributed by atoms with van der Waals surface area (Å²) in [6, 6.07) is 23.1. The summed E-state index contributed by atoms with van der Waals surface area (Å²) in [4.78, 5) is 24.8. The summed E-state index contributed by atoms with van der Waals surface area (Å²) >= 11 is 1.56. The summed E-state index contributed by atoms with van der Waals surface area (Å²) in [5.41, 5.74) is 5.59. The molecule has 1 unspecified atom stereocenters. The second-order valence-corrected chi connectivity index (χ2v) is 9.18. The van der Waals surface area contributed by atoms with Gasteiger partial charge < -0.3 is 10.4 Å². The Morgan fingerprint density at radius 1 is 1.00 bits per heavy atom. The Hall–Kier alpha value is -3.31. The van der Waals surface area contributed by atoms with Crippen LogP contribution < -0.4 is 5.32 Å². The van der Waals surface area contributed by atoms with Crippen LogP contribution in [0.5, 0.6) is 0 Å². The molecule has 0 saturated heterocycles. The highest BCUT2D eigenvalue weighted by atomic mass is 32.2. The first-order chi connectivity index (χ1) is 16.5. The third kappa shape index (κ3) is 7.09. The van der Waals surface area contributed by atoms with E-state index < -0.39 is 12.0 Å². The van der Waals surface area contributed by atoms with Gasteiger partial charge in [-0.05, 0) is 78.1 Å². The molecule has 3 aromatic carbocycles. The van der Waals surface area contributed by atoms with Gasteiger partial charge in [0, 0.05) is 5.56 Å². The van der Waals surface area contributed by atoms with E-state index >= 15 is 0 Å². The topological polar surface area (TPSA) is 66.4 Å². The lowest BCUT2D eigenvalue weighted by Gasteiger charge is -2.17. The lowest BCUT2D eigenvalue weighted by molar-refractivity contribution is -0.139. The van der Waals surface area contributed by atoms with Crippen LogP contribution in [0.2, 0.25) is 0 Å². The fourth-order valence-corrected chi connectivity index (χ4v) is 4.28. The minimum absolute atomic E-state index is 0.369. The molecule has 3 rings (SSSR count). The molecule has 1 amide bonds. The molecule has 0 aliphatic carbocycles. The molecule has 2 N–H and O–H groups in total. The molecule has 0 heterocycles. The van der Waals surface area contributed by atoms with Crippen LogP contribution in [0.4, 0.5) is 0 Å². The van der Waals surface area contributed by atoms with Gasteiger partial charge in [-0.3, -0.25) is 4.79 Å². The van der Waals surface area contributed by atoms with E-state index in [1.807, 2.05) is 67.8 Å². The maximum Gasteiger partial charge on any atom is 0.326 e. The molecule has 0 aromatic heterocycles. The van der Waals surface area contributed by atoms with Crippen molar-refractivity contribution in [3.63, 3.8) is 0 Å². The van der Waals surface area contributed by atoms with Crippen LogP contribution in [0.1, 0.15) is 39.9 Å². The van der Waals surface area contributed by atoms with Crippen molar-refractivity contribution in [1.29, 1.82) is 0 Å². The van der Waals surface area contributed by atoms with Crippen molar-refractivity contribution >= 4 is 29.7 Å². The monoisotopic (exact) mass is 473 g/mol. The Balaban J connectivity index is 1.86. The maximum absolute atomic E-state index is 13.2. The zero-order valence-corrected chi connectivity index (χ0v) is 20.5. The number of benzene rings is 3. The molecule has 34 heavy (non-hydrogen) atoms. The van der Waals surface area contributed by atoms with Gasteiger partial charge in [0.2, 0.25) is 0 Å². The Morgan fingerprint density at radius 3 is 2.44 bits per heavy atom. The zero-order chi connectivity index (χ0) is 24.3. The highest BCUT2D eigenvalue weighted by Gasteiger charge is 2.22. The number of carbonyl (C=O) groups is 2. The van der Waals surface area contributed by atoms with Gasteiger partial charge in [-0.25, -0.2) is 4.79 Å². The predicted molar refractivity (Wildman–Crippen MR) is 142 cm³/mol. The van der Waals surface area contributed by atoms with Gasteiger partial charge in [-0.2, -0.15) is 11.8 Å². The average Bonchev–Trinajstić information content (AvgIpc) is 2.85. The number of hydrogen-bond donors (Lipinski definition) is 2. The van der Waals surface area contributed by atoms with E-state index in [1.165, 1.54) is 5.56 Å². The molecule has 0 radical (unpaired) electrons. The standard InChI is InChI=1S/C29H31NO3S/c1-21-10-6-9-15-24(21)26-20-23(14-8-7-13-22-11-4-3-5-12-22)16-17-25(26)28(31)30-27(29(32)33)18-19-34-2/h3-6,8-12,14-17,20,27H,7,13,18-19H2,1-2H3,(H,30,31)(H,32,33)/b14-8+. The number of hydrogen-bond acceptors (Lipinski definition) is 3. The van der Waals surface area contributed by atoms with Gasteiger partial charge in [0.15, 0.2) is 0 Å². The summed E-state index contributed by atoms with van der Waals surface area (Å²) in [6.07, 6.45) is 8.40. The van der Waals surface area contributed by atoms with E-state index in [4.69, 9.17) is 0 Å². The quantitative estimate of drug-likeness (QED) is 0.346. The number of rotatable bonds is 11. The van der Waals surface area contributed by atoms with Crippen molar-refractivity contribution in [2.45, 2.75) is 32.2 Å². The summed E-state index contributed by atoms with van der Waals surface area (Å²) in [5, 5.41) is 12.3. The van der Waals surface area contributed by atoms with E-state index in [0.29, 0.717) is 17.7 Å². The van der Waals surface area contributed by atoms with Crippen LogP contribution in [0.3, 0.4) is 0 Å². The summed E-state index contributed by atoms with van der Waals surface area (Å²) in [7, 11) is 0. The van der Waals surface area contributed by atoms with Crippen molar-refractivity contribution in [2.75, 3.05) is 12.0 Å². The van der Waals surface area contributed by atoms with Crippen LogP contribution in [-0.2, 0) is 11.2 Å². The lowest BCUT2D eigenvalue weighted by atomic mass is 9.93. The second kappa shape index (κ2) is 12.8. The molecule has 0 aliphatic rings. The third-order valence-electron chi connectivity index (χ3n) is 5.69. The number of aryl methyl sites for hydroxylation is 2. The van der Waals surface area contributed by atoms with Gasteiger partial charge in [0.25, 0.3) is 5.91 Å². The number of allylic oxidation sites excluding steroid dienone is 1. The third-order valence-corrected chi connectivity index (χ3v) is 6.33. The van der Waals surface area contributed by atoms with E-state index in [9.17, 15) is 14.7 Å². The average molecular weight is 474 g/mol. The van der Waals surface area contributed by atoms with Crippen molar-refractivity contribution in [3.8, 4) is 11.1 Å². The Morgan fingerprint density at radius 2 is 1.74 bits per heavy atom. The normalized spacial score (nSPS) is 11.9. The molecule has 0 fully saturated rings. The van der Waals surface area contributed by atoms with Crippen molar-refractivity contribution in [1.82, 2.24) is 5.32 Å². The second-order valence-electron chi connectivity index (χ2n) is 8.19. The first kappa shape index (κ1) is 25.3. The molecule has 3 aromatic rings. The van der Waals surface area contributed by atoms with Gasteiger partial charge in [0.05, 0.1) is 0 Å². The maximum atomic E-state index is 13.2. The fraction of sp³-hybridized carbons (Fsp3) is 0.241. The van der Waals surface area contributed by atoms with Crippen LogP contribution in [0.15, 0.2) is 78.9 Å². The largest absolute Gasteiger partial charge is 0.480 e. The molecular formula is C29H31NO3S. The first-order valence-electron chi connectivity index (χ1n) is 11.4.